The molecule has 0 fully saturated rings. The molecule has 104 valence electrons. The van der Waals surface area contributed by atoms with Crippen LogP contribution in [0.4, 0.5) is 5.95 Å². The Hall–Kier alpha value is -2.14. The number of anilines is 1. The van der Waals surface area contributed by atoms with E-state index in [9.17, 15) is 0 Å². The van der Waals surface area contributed by atoms with E-state index in [1.54, 1.807) is 13.2 Å². The molecule has 1 aromatic carbocycles. The summed E-state index contributed by atoms with van der Waals surface area (Å²) in [5.41, 5.74) is 9.61. The monoisotopic (exact) mass is 270 g/mol. The Morgan fingerprint density at radius 1 is 1.30 bits per heavy atom. The van der Waals surface area contributed by atoms with Crippen molar-refractivity contribution in [3.63, 3.8) is 0 Å². The molecule has 0 radical (unpaired) electrons. The standard InChI is InChI=1S/C15H18N4O/c1-9-7-13(20-2)18-15(17-9)19-14-11-6-4-3-5-10(11)8-12(14)16/h3-7,12,14H,8,16H2,1-2H3,(H,17,18,19). The number of hydrogen-bond acceptors (Lipinski definition) is 5. The van der Waals surface area contributed by atoms with E-state index in [-0.39, 0.29) is 12.1 Å². The number of aryl methyl sites for hydroxylation is 1. The number of hydrogen-bond donors (Lipinski definition) is 2. The van der Waals surface area contributed by atoms with E-state index in [1.165, 1.54) is 11.1 Å². The van der Waals surface area contributed by atoms with Crippen LogP contribution in [0.1, 0.15) is 22.9 Å². The number of fused-ring (bicyclic) bond motifs is 1. The fourth-order valence-electron chi connectivity index (χ4n) is 2.66. The van der Waals surface area contributed by atoms with E-state index in [2.05, 4.69) is 27.4 Å². The Kier molecular flexibility index (Phi) is 3.28. The predicted molar refractivity (Wildman–Crippen MR) is 77.8 cm³/mol. The summed E-state index contributed by atoms with van der Waals surface area (Å²) in [7, 11) is 1.60. The average Bonchev–Trinajstić information content (AvgIpc) is 2.75. The number of aromatic nitrogens is 2. The summed E-state index contributed by atoms with van der Waals surface area (Å²) in [5, 5.41) is 3.34. The second-order valence-electron chi connectivity index (χ2n) is 5.06. The van der Waals surface area contributed by atoms with Crippen LogP contribution in [0.3, 0.4) is 0 Å². The van der Waals surface area contributed by atoms with Gasteiger partial charge >= 0.3 is 0 Å². The Balaban J connectivity index is 1.90. The zero-order valence-electron chi connectivity index (χ0n) is 11.6. The highest BCUT2D eigenvalue weighted by Crippen LogP contribution is 2.32. The summed E-state index contributed by atoms with van der Waals surface area (Å²) < 4.78 is 5.17. The van der Waals surface area contributed by atoms with Gasteiger partial charge in [-0.2, -0.15) is 4.98 Å². The van der Waals surface area contributed by atoms with E-state index in [1.807, 2.05) is 19.1 Å². The largest absolute Gasteiger partial charge is 0.481 e. The van der Waals surface area contributed by atoms with Gasteiger partial charge in [0, 0.05) is 17.8 Å². The van der Waals surface area contributed by atoms with Crippen molar-refractivity contribution in [2.45, 2.75) is 25.4 Å². The Labute approximate surface area is 118 Å². The van der Waals surface area contributed by atoms with Crippen molar-refractivity contribution in [3.05, 3.63) is 47.2 Å². The van der Waals surface area contributed by atoms with Crippen LogP contribution < -0.4 is 15.8 Å². The molecule has 0 aliphatic heterocycles. The maximum atomic E-state index is 6.24. The van der Waals surface area contributed by atoms with Crippen LogP contribution >= 0.6 is 0 Å². The maximum absolute atomic E-state index is 6.24. The van der Waals surface area contributed by atoms with Gasteiger partial charge in [0.1, 0.15) is 0 Å². The van der Waals surface area contributed by atoms with Crippen molar-refractivity contribution in [2.75, 3.05) is 12.4 Å². The first-order chi connectivity index (χ1) is 9.67. The van der Waals surface area contributed by atoms with Gasteiger partial charge in [0.25, 0.3) is 0 Å². The lowest BCUT2D eigenvalue weighted by Gasteiger charge is -2.19. The molecule has 2 atom stereocenters. The molecular weight excluding hydrogens is 252 g/mol. The van der Waals surface area contributed by atoms with Gasteiger partial charge in [-0.05, 0) is 24.5 Å². The van der Waals surface area contributed by atoms with Crippen LogP contribution in [0.15, 0.2) is 30.3 Å². The Morgan fingerprint density at radius 3 is 2.90 bits per heavy atom. The Bertz CT molecular complexity index is 629. The molecule has 0 bridgehead atoms. The number of ether oxygens (including phenoxy) is 1. The molecule has 1 aliphatic rings. The van der Waals surface area contributed by atoms with Gasteiger partial charge in [0.2, 0.25) is 11.8 Å². The minimum Gasteiger partial charge on any atom is -0.481 e. The third kappa shape index (κ3) is 2.32. The minimum absolute atomic E-state index is 0.0301. The Morgan fingerprint density at radius 2 is 2.10 bits per heavy atom. The molecule has 20 heavy (non-hydrogen) atoms. The van der Waals surface area contributed by atoms with Gasteiger partial charge < -0.3 is 15.8 Å². The summed E-state index contributed by atoms with van der Waals surface area (Å²) in [6, 6.07) is 10.2. The zero-order chi connectivity index (χ0) is 14.1. The molecule has 5 nitrogen and oxygen atoms in total. The highest BCUT2D eigenvalue weighted by molar-refractivity contribution is 5.43. The third-order valence-corrected chi connectivity index (χ3v) is 3.60. The normalized spacial score (nSPS) is 20.6. The van der Waals surface area contributed by atoms with Crippen LogP contribution in [0, 0.1) is 6.92 Å². The smallest absolute Gasteiger partial charge is 0.226 e. The van der Waals surface area contributed by atoms with Crippen LogP contribution in [-0.2, 0) is 6.42 Å². The molecule has 0 spiro atoms. The molecule has 2 aromatic rings. The summed E-state index contributed by atoms with van der Waals surface area (Å²) in [4.78, 5) is 8.72. The first-order valence-electron chi connectivity index (χ1n) is 6.67. The first-order valence-corrected chi connectivity index (χ1v) is 6.67. The predicted octanol–water partition coefficient (Wildman–Crippen LogP) is 1.83. The van der Waals surface area contributed by atoms with E-state index in [0.29, 0.717) is 11.8 Å². The second-order valence-corrected chi connectivity index (χ2v) is 5.06. The number of nitrogens with two attached hydrogens (primary N) is 1. The van der Waals surface area contributed by atoms with Gasteiger partial charge in [0.05, 0.1) is 13.2 Å². The van der Waals surface area contributed by atoms with Crippen molar-refractivity contribution >= 4 is 5.95 Å². The topological polar surface area (TPSA) is 73.1 Å². The van der Waals surface area contributed by atoms with Crippen LogP contribution in [0.2, 0.25) is 0 Å². The molecule has 1 heterocycles. The number of methoxy groups -OCH3 is 1. The first kappa shape index (κ1) is 12.9. The van der Waals surface area contributed by atoms with Gasteiger partial charge in [0.15, 0.2) is 0 Å². The number of nitrogens with one attached hydrogen (secondary N) is 1. The molecule has 0 amide bonds. The fraction of sp³-hybridized carbons (Fsp3) is 0.333. The van der Waals surface area contributed by atoms with Crippen molar-refractivity contribution in [1.29, 1.82) is 0 Å². The SMILES string of the molecule is COc1cc(C)nc(NC2c3ccccc3CC2N)n1. The highest BCUT2D eigenvalue weighted by Gasteiger charge is 2.30. The lowest BCUT2D eigenvalue weighted by molar-refractivity contribution is 0.396. The van der Waals surface area contributed by atoms with Crippen molar-refractivity contribution in [3.8, 4) is 5.88 Å². The molecule has 0 saturated heterocycles. The van der Waals surface area contributed by atoms with Crippen LogP contribution in [0.5, 0.6) is 5.88 Å². The summed E-state index contributed by atoms with van der Waals surface area (Å²) in [6.07, 6.45) is 0.872. The summed E-state index contributed by atoms with van der Waals surface area (Å²) in [5.74, 6) is 1.11. The molecule has 2 unspecified atom stereocenters. The quantitative estimate of drug-likeness (QED) is 0.890. The number of rotatable bonds is 3. The molecule has 5 heteroatoms. The maximum Gasteiger partial charge on any atom is 0.226 e. The number of nitrogens with zero attached hydrogens (tertiary/aromatic N) is 2. The van der Waals surface area contributed by atoms with Crippen LogP contribution in [0.25, 0.3) is 0 Å². The lowest BCUT2D eigenvalue weighted by Crippen LogP contribution is -2.30. The van der Waals surface area contributed by atoms with Crippen molar-refractivity contribution in [1.82, 2.24) is 9.97 Å². The molecule has 1 aliphatic carbocycles. The van der Waals surface area contributed by atoms with Gasteiger partial charge in [-0.1, -0.05) is 24.3 Å². The van der Waals surface area contributed by atoms with Gasteiger partial charge in [-0.25, -0.2) is 4.98 Å². The second kappa shape index (κ2) is 5.09. The van der Waals surface area contributed by atoms with E-state index < -0.39 is 0 Å². The third-order valence-electron chi connectivity index (χ3n) is 3.60. The molecule has 3 rings (SSSR count). The molecule has 1 aromatic heterocycles. The zero-order valence-corrected chi connectivity index (χ0v) is 11.6. The van der Waals surface area contributed by atoms with E-state index in [4.69, 9.17) is 10.5 Å². The van der Waals surface area contributed by atoms with E-state index >= 15 is 0 Å². The molecular formula is C15H18N4O. The molecule has 3 N–H and O–H groups in total. The average molecular weight is 270 g/mol. The lowest BCUT2D eigenvalue weighted by atomic mass is 10.1. The van der Waals surface area contributed by atoms with Gasteiger partial charge in [-0.15, -0.1) is 0 Å². The van der Waals surface area contributed by atoms with Crippen LogP contribution in [-0.4, -0.2) is 23.1 Å². The van der Waals surface area contributed by atoms with Gasteiger partial charge in [-0.3, -0.25) is 0 Å². The number of benzene rings is 1. The van der Waals surface area contributed by atoms with Crippen molar-refractivity contribution in [2.24, 2.45) is 5.73 Å². The fourth-order valence-corrected chi connectivity index (χ4v) is 2.66. The summed E-state index contributed by atoms with van der Waals surface area (Å²) >= 11 is 0. The highest BCUT2D eigenvalue weighted by atomic mass is 16.5. The van der Waals surface area contributed by atoms with E-state index in [0.717, 1.165) is 12.1 Å². The van der Waals surface area contributed by atoms with Crippen molar-refractivity contribution < 1.29 is 4.74 Å². The summed E-state index contributed by atoms with van der Waals surface area (Å²) in [6.45, 7) is 1.91. The minimum atomic E-state index is 0.0301. The molecule has 0 saturated carbocycles.